The van der Waals surface area contributed by atoms with E-state index in [0.29, 0.717) is 5.69 Å². The third kappa shape index (κ3) is 4.04. The van der Waals surface area contributed by atoms with Crippen LogP contribution in [0.1, 0.15) is 15.9 Å². The second-order valence-corrected chi connectivity index (χ2v) is 8.24. The third-order valence-electron chi connectivity index (χ3n) is 4.27. The molecule has 3 rings (SSSR count). The molecular weight excluding hydrogens is 379 g/mol. The molecule has 0 aromatic heterocycles. The van der Waals surface area contributed by atoms with Crippen LogP contribution in [0, 0.1) is 12.7 Å². The zero-order valence-electron chi connectivity index (χ0n) is 15.4. The Hall–Kier alpha value is -3.19. The molecule has 3 aromatic carbocycles. The Balaban J connectivity index is 1.88. The maximum atomic E-state index is 13.7. The van der Waals surface area contributed by atoms with Crippen LogP contribution in [-0.2, 0) is 10.0 Å². The van der Waals surface area contributed by atoms with E-state index in [-0.39, 0.29) is 16.1 Å². The van der Waals surface area contributed by atoms with Gasteiger partial charge in [-0.15, -0.1) is 0 Å². The number of hydrogen-bond acceptors (Lipinski definition) is 3. The lowest BCUT2D eigenvalue weighted by atomic mass is 10.2. The summed E-state index contributed by atoms with van der Waals surface area (Å²) in [5.41, 5.74) is 1.66. The van der Waals surface area contributed by atoms with E-state index < -0.39 is 21.7 Å². The van der Waals surface area contributed by atoms with Crippen LogP contribution in [0.5, 0.6) is 0 Å². The number of nitrogens with zero attached hydrogens (tertiary/aromatic N) is 1. The summed E-state index contributed by atoms with van der Waals surface area (Å²) < 4.78 is 40.8. The van der Waals surface area contributed by atoms with Gasteiger partial charge in [0.15, 0.2) is 0 Å². The fourth-order valence-electron chi connectivity index (χ4n) is 2.61. The molecule has 0 spiro atoms. The summed E-state index contributed by atoms with van der Waals surface area (Å²) in [6.45, 7) is 1.91. The van der Waals surface area contributed by atoms with Gasteiger partial charge in [-0.1, -0.05) is 35.9 Å². The number of anilines is 2. The number of carbonyl (C=O) groups is 1. The van der Waals surface area contributed by atoms with Crippen LogP contribution in [-0.4, -0.2) is 21.4 Å². The Morgan fingerprint density at radius 1 is 0.964 bits per heavy atom. The van der Waals surface area contributed by atoms with Gasteiger partial charge in [0, 0.05) is 12.6 Å². The van der Waals surface area contributed by atoms with Crippen molar-refractivity contribution in [1.82, 2.24) is 0 Å². The van der Waals surface area contributed by atoms with Gasteiger partial charge in [0.2, 0.25) is 0 Å². The summed E-state index contributed by atoms with van der Waals surface area (Å²) >= 11 is 0. The minimum Gasteiger partial charge on any atom is -0.319 e. The summed E-state index contributed by atoms with van der Waals surface area (Å²) in [5, 5.41) is 2.45. The standard InChI is InChI=1S/C21H19FN2O3S/c1-15-10-12-17(13-11-15)24(2)28(26,27)18-7-5-6-16(14-18)21(25)23-20-9-4-3-8-19(20)22/h3-14H,1-2H3,(H,23,25). The summed E-state index contributed by atoms with van der Waals surface area (Å²) in [6, 6.07) is 18.5. The number of sulfonamides is 1. The van der Waals surface area contributed by atoms with Gasteiger partial charge >= 0.3 is 0 Å². The normalized spacial score (nSPS) is 11.1. The number of nitrogens with one attached hydrogen (secondary N) is 1. The van der Waals surface area contributed by atoms with E-state index >= 15 is 0 Å². The molecule has 0 radical (unpaired) electrons. The van der Waals surface area contributed by atoms with Gasteiger partial charge in [-0.3, -0.25) is 9.10 Å². The lowest BCUT2D eigenvalue weighted by molar-refractivity contribution is 0.102. The molecule has 0 fully saturated rings. The maximum absolute atomic E-state index is 13.7. The van der Waals surface area contributed by atoms with Crippen molar-refractivity contribution in [2.75, 3.05) is 16.7 Å². The molecule has 0 atom stereocenters. The summed E-state index contributed by atoms with van der Waals surface area (Å²) in [4.78, 5) is 12.4. The van der Waals surface area contributed by atoms with Crippen molar-refractivity contribution >= 4 is 27.3 Å². The van der Waals surface area contributed by atoms with Crippen molar-refractivity contribution in [3.8, 4) is 0 Å². The third-order valence-corrected chi connectivity index (χ3v) is 6.06. The maximum Gasteiger partial charge on any atom is 0.264 e. The van der Waals surface area contributed by atoms with Gasteiger partial charge in [-0.25, -0.2) is 12.8 Å². The van der Waals surface area contributed by atoms with E-state index in [2.05, 4.69) is 5.32 Å². The van der Waals surface area contributed by atoms with Crippen LogP contribution in [0.25, 0.3) is 0 Å². The molecule has 7 heteroatoms. The average Bonchev–Trinajstić information content (AvgIpc) is 2.70. The number of carbonyl (C=O) groups excluding carboxylic acids is 1. The van der Waals surface area contributed by atoms with E-state index in [4.69, 9.17) is 0 Å². The number of aryl methyl sites for hydroxylation is 1. The minimum absolute atomic E-state index is 0.0255. The van der Waals surface area contributed by atoms with Crippen molar-refractivity contribution in [3.05, 3.63) is 89.7 Å². The molecular formula is C21H19FN2O3S. The van der Waals surface area contributed by atoms with Gasteiger partial charge in [-0.2, -0.15) is 0 Å². The van der Waals surface area contributed by atoms with E-state index in [0.717, 1.165) is 9.87 Å². The molecule has 0 bridgehead atoms. The van der Waals surface area contributed by atoms with E-state index in [1.54, 1.807) is 18.2 Å². The first kappa shape index (κ1) is 19.6. The molecule has 1 amide bonds. The summed E-state index contributed by atoms with van der Waals surface area (Å²) in [5.74, 6) is -1.17. The predicted molar refractivity (Wildman–Crippen MR) is 108 cm³/mol. The van der Waals surface area contributed by atoms with E-state index in [1.165, 1.54) is 49.5 Å². The molecule has 144 valence electrons. The number of benzene rings is 3. The van der Waals surface area contributed by atoms with Crippen molar-refractivity contribution < 1.29 is 17.6 Å². The van der Waals surface area contributed by atoms with Crippen molar-refractivity contribution in [2.45, 2.75) is 11.8 Å². The fraction of sp³-hybridized carbons (Fsp3) is 0.0952. The van der Waals surface area contributed by atoms with E-state index in [9.17, 15) is 17.6 Å². The Morgan fingerprint density at radius 3 is 2.32 bits per heavy atom. The van der Waals surface area contributed by atoms with Crippen LogP contribution in [0.4, 0.5) is 15.8 Å². The average molecular weight is 398 g/mol. The highest BCUT2D eigenvalue weighted by atomic mass is 32.2. The molecule has 0 unspecified atom stereocenters. The lowest BCUT2D eigenvalue weighted by Crippen LogP contribution is -2.26. The number of rotatable bonds is 5. The first-order chi connectivity index (χ1) is 13.3. The second kappa shape index (κ2) is 7.82. The Bertz CT molecular complexity index is 1110. The second-order valence-electron chi connectivity index (χ2n) is 6.27. The Kier molecular flexibility index (Phi) is 5.46. The zero-order valence-corrected chi connectivity index (χ0v) is 16.2. The molecule has 3 aromatic rings. The lowest BCUT2D eigenvalue weighted by Gasteiger charge is -2.20. The van der Waals surface area contributed by atoms with Crippen molar-refractivity contribution in [2.24, 2.45) is 0 Å². The van der Waals surface area contributed by atoms with Gasteiger partial charge in [0.1, 0.15) is 5.82 Å². The number of halogens is 1. The highest BCUT2D eigenvalue weighted by molar-refractivity contribution is 7.92. The minimum atomic E-state index is -3.86. The topological polar surface area (TPSA) is 66.5 Å². The fourth-order valence-corrected chi connectivity index (χ4v) is 3.85. The summed E-state index contributed by atoms with van der Waals surface area (Å²) in [6.07, 6.45) is 0. The molecule has 0 aliphatic rings. The monoisotopic (exact) mass is 398 g/mol. The quantitative estimate of drug-likeness (QED) is 0.700. The van der Waals surface area contributed by atoms with E-state index in [1.807, 2.05) is 19.1 Å². The highest BCUT2D eigenvalue weighted by Gasteiger charge is 2.22. The first-order valence-corrected chi connectivity index (χ1v) is 9.94. The Labute approximate surface area is 163 Å². The highest BCUT2D eigenvalue weighted by Crippen LogP contribution is 2.23. The molecule has 1 N–H and O–H groups in total. The van der Waals surface area contributed by atoms with Gasteiger partial charge < -0.3 is 5.32 Å². The van der Waals surface area contributed by atoms with Crippen LogP contribution >= 0.6 is 0 Å². The number of hydrogen-bond donors (Lipinski definition) is 1. The van der Waals surface area contributed by atoms with Crippen LogP contribution < -0.4 is 9.62 Å². The molecule has 0 heterocycles. The number of para-hydroxylation sites is 1. The van der Waals surface area contributed by atoms with Crippen LogP contribution in [0.2, 0.25) is 0 Å². The van der Waals surface area contributed by atoms with Crippen molar-refractivity contribution in [1.29, 1.82) is 0 Å². The number of amides is 1. The predicted octanol–water partition coefficient (Wildman–Crippen LogP) is 4.21. The SMILES string of the molecule is Cc1ccc(N(C)S(=O)(=O)c2cccc(C(=O)Nc3ccccc3F)c2)cc1. The molecule has 0 aliphatic heterocycles. The van der Waals surface area contributed by atoms with Crippen LogP contribution in [0.15, 0.2) is 77.7 Å². The van der Waals surface area contributed by atoms with Crippen LogP contribution in [0.3, 0.4) is 0 Å². The first-order valence-electron chi connectivity index (χ1n) is 8.50. The molecule has 28 heavy (non-hydrogen) atoms. The Morgan fingerprint density at radius 2 is 1.64 bits per heavy atom. The van der Waals surface area contributed by atoms with Gasteiger partial charge in [0.25, 0.3) is 15.9 Å². The van der Waals surface area contributed by atoms with Crippen molar-refractivity contribution in [3.63, 3.8) is 0 Å². The largest absolute Gasteiger partial charge is 0.319 e. The molecule has 0 aliphatic carbocycles. The van der Waals surface area contributed by atoms with Gasteiger partial charge in [0.05, 0.1) is 16.3 Å². The van der Waals surface area contributed by atoms with Gasteiger partial charge in [-0.05, 0) is 49.4 Å². The molecule has 0 saturated carbocycles. The smallest absolute Gasteiger partial charge is 0.264 e. The zero-order chi connectivity index (χ0) is 20.3. The molecule has 5 nitrogen and oxygen atoms in total. The summed E-state index contributed by atoms with van der Waals surface area (Å²) in [7, 11) is -2.41. The molecule has 0 saturated heterocycles.